The molecular formula is C22H22N2O5. The molecule has 3 aromatic rings. The average molecular weight is 394 g/mol. The van der Waals surface area contributed by atoms with Crippen molar-refractivity contribution in [3.05, 3.63) is 82.6 Å². The predicted molar refractivity (Wildman–Crippen MR) is 106 cm³/mol. The van der Waals surface area contributed by atoms with Gasteiger partial charge in [0.2, 0.25) is 0 Å². The Balaban J connectivity index is 1.68. The number of amides is 1. The Labute approximate surface area is 168 Å². The minimum atomic E-state index is -0.692. The number of ether oxygens (including phenoxy) is 1. The lowest BCUT2D eigenvalue weighted by Crippen LogP contribution is -2.33. The van der Waals surface area contributed by atoms with E-state index in [0.717, 1.165) is 5.56 Å². The highest BCUT2D eigenvalue weighted by atomic mass is 16.5. The molecule has 7 nitrogen and oxygen atoms in total. The summed E-state index contributed by atoms with van der Waals surface area (Å²) < 4.78 is 10.6. The molecule has 0 radical (unpaired) electrons. The quantitative estimate of drug-likeness (QED) is 0.472. The third-order valence-electron chi connectivity index (χ3n) is 4.59. The van der Waals surface area contributed by atoms with Crippen LogP contribution in [0.4, 0.5) is 0 Å². The van der Waals surface area contributed by atoms with Gasteiger partial charge in [0, 0.05) is 11.3 Å². The van der Waals surface area contributed by atoms with E-state index in [2.05, 4.69) is 10.3 Å². The van der Waals surface area contributed by atoms with E-state index in [1.807, 2.05) is 30.3 Å². The summed E-state index contributed by atoms with van der Waals surface area (Å²) in [5.41, 5.74) is 2.57. The van der Waals surface area contributed by atoms with Crippen LogP contribution in [-0.4, -0.2) is 29.3 Å². The van der Waals surface area contributed by atoms with Gasteiger partial charge in [-0.3, -0.25) is 9.59 Å². The van der Waals surface area contributed by atoms with Crippen LogP contribution in [0, 0.1) is 13.8 Å². The molecule has 0 fully saturated rings. The Hall–Kier alpha value is -3.61. The molecule has 7 heteroatoms. The van der Waals surface area contributed by atoms with Gasteiger partial charge in [-0.05, 0) is 44.0 Å². The summed E-state index contributed by atoms with van der Waals surface area (Å²) in [5, 5.41) is 2.82. The maximum Gasteiger partial charge on any atom is 0.355 e. The zero-order valence-corrected chi connectivity index (χ0v) is 16.4. The molecular weight excluding hydrogens is 372 g/mol. The Kier molecular flexibility index (Phi) is 5.97. The van der Waals surface area contributed by atoms with Gasteiger partial charge < -0.3 is 19.5 Å². The van der Waals surface area contributed by atoms with Gasteiger partial charge in [-0.1, -0.05) is 30.3 Å². The van der Waals surface area contributed by atoms with E-state index >= 15 is 0 Å². The molecule has 2 aromatic heterocycles. The largest absolute Gasteiger partial charge is 0.467 e. The lowest BCUT2D eigenvalue weighted by molar-refractivity contribution is -0.124. The second kappa shape index (κ2) is 8.60. The van der Waals surface area contributed by atoms with Crippen molar-refractivity contribution >= 4 is 17.7 Å². The molecule has 2 heterocycles. The molecule has 0 unspecified atom stereocenters. The molecule has 3 rings (SSSR count). The number of nitrogens with one attached hydrogen (secondary N) is 2. The van der Waals surface area contributed by atoms with E-state index in [1.54, 1.807) is 26.0 Å². The zero-order chi connectivity index (χ0) is 21.0. The molecule has 2 N–H and O–H groups in total. The second-order valence-electron chi connectivity index (χ2n) is 6.68. The van der Waals surface area contributed by atoms with Crippen molar-refractivity contribution in [2.75, 3.05) is 6.61 Å². The summed E-state index contributed by atoms with van der Waals surface area (Å²) in [4.78, 5) is 39.4. The molecule has 29 heavy (non-hydrogen) atoms. The highest BCUT2D eigenvalue weighted by Crippen LogP contribution is 2.22. The van der Waals surface area contributed by atoms with Crippen LogP contribution in [0.2, 0.25) is 0 Å². The minimum Gasteiger partial charge on any atom is -0.467 e. The van der Waals surface area contributed by atoms with E-state index < -0.39 is 24.5 Å². The third-order valence-corrected chi connectivity index (χ3v) is 4.59. The predicted octanol–water partition coefficient (Wildman–Crippen LogP) is 3.49. The Bertz CT molecular complexity index is 1020. The first-order chi connectivity index (χ1) is 13.9. The van der Waals surface area contributed by atoms with Crippen molar-refractivity contribution in [3.8, 4) is 0 Å². The number of aromatic nitrogens is 1. The lowest BCUT2D eigenvalue weighted by atomic mass is 10.0. The number of hydrogen-bond donors (Lipinski definition) is 2. The number of esters is 1. The van der Waals surface area contributed by atoms with Gasteiger partial charge in [-0.2, -0.15) is 0 Å². The standard InChI is InChI=1S/C22H22N2O5/c1-13-19(15(3)25)14(2)23-20(13)22(27)29-12-18(26)24-21(17-10-7-11-28-17)16-8-5-4-6-9-16/h4-11,21,23H,12H2,1-3H3,(H,24,26)/t21-/m0/s1. The van der Waals surface area contributed by atoms with Crippen LogP contribution in [-0.2, 0) is 9.53 Å². The molecule has 0 spiro atoms. The number of carbonyl (C=O) groups is 3. The molecule has 1 aromatic carbocycles. The van der Waals surface area contributed by atoms with Crippen molar-refractivity contribution in [2.24, 2.45) is 0 Å². The van der Waals surface area contributed by atoms with Crippen molar-refractivity contribution < 1.29 is 23.5 Å². The molecule has 0 aliphatic carbocycles. The number of benzene rings is 1. The molecule has 1 atom stereocenters. The smallest absolute Gasteiger partial charge is 0.355 e. The Morgan fingerprint density at radius 2 is 1.83 bits per heavy atom. The average Bonchev–Trinajstić information content (AvgIpc) is 3.32. The van der Waals surface area contributed by atoms with Crippen LogP contribution >= 0.6 is 0 Å². The molecule has 0 aliphatic rings. The summed E-state index contributed by atoms with van der Waals surface area (Å²) in [6, 6.07) is 12.3. The lowest BCUT2D eigenvalue weighted by Gasteiger charge is -2.17. The van der Waals surface area contributed by atoms with E-state index in [0.29, 0.717) is 22.6 Å². The van der Waals surface area contributed by atoms with Gasteiger partial charge in [-0.15, -0.1) is 0 Å². The molecule has 0 saturated heterocycles. The fraction of sp³-hybridized carbons (Fsp3) is 0.227. The Morgan fingerprint density at radius 3 is 2.41 bits per heavy atom. The van der Waals surface area contributed by atoms with E-state index in [9.17, 15) is 14.4 Å². The summed E-state index contributed by atoms with van der Waals surface area (Å²) in [6.45, 7) is 4.35. The first kappa shape index (κ1) is 20.1. The molecule has 150 valence electrons. The number of aromatic amines is 1. The molecule has 0 saturated carbocycles. The third kappa shape index (κ3) is 4.45. The van der Waals surface area contributed by atoms with Crippen LogP contribution in [0.3, 0.4) is 0 Å². The second-order valence-corrected chi connectivity index (χ2v) is 6.68. The maximum absolute atomic E-state index is 12.4. The van der Waals surface area contributed by atoms with E-state index in [4.69, 9.17) is 9.15 Å². The van der Waals surface area contributed by atoms with Gasteiger partial charge >= 0.3 is 5.97 Å². The van der Waals surface area contributed by atoms with Crippen LogP contribution < -0.4 is 5.32 Å². The van der Waals surface area contributed by atoms with Crippen molar-refractivity contribution in [1.82, 2.24) is 10.3 Å². The van der Waals surface area contributed by atoms with Crippen molar-refractivity contribution in [2.45, 2.75) is 26.8 Å². The normalized spacial score (nSPS) is 11.7. The number of aryl methyl sites for hydroxylation is 1. The number of hydrogen-bond acceptors (Lipinski definition) is 5. The van der Waals surface area contributed by atoms with E-state index in [-0.39, 0.29) is 11.5 Å². The zero-order valence-electron chi connectivity index (χ0n) is 16.4. The monoisotopic (exact) mass is 394 g/mol. The SMILES string of the molecule is CC(=O)c1c(C)[nH]c(C(=O)OCC(=O)N[C@@H](c2ccccc2)c2ccco2)c1C. The first-order valence-electron chi connectivity index (χ1n) is 9.13. The topological polar surface area (TPSA) is 101 Å². The van der Waals surface area contributed by atoms with Gasteiger partial charge in [0.1, 0.15) is 17.5 Å². The minimum absolute atomic E-state index is 0.141. The van der Waals surface area contributed by atoms with Crippen LogP contribution in [0.15, 0.2) is 53.1 Å². The van der Waals surface area contributed by atoms with Crippen molar-refractivity contribution in [3.63, 3.8) is 0 Å². The van der Waals surface area contributed by atoms with Gasteiger partial charge in [0.05, 0.1) is 6.26 Å². The van der Waals surface area contributed by atoms with Crippen LogP contribution in [0.5, 0.6) is 0 Å². The van der Waals surface area contributed by atoms with Gasteiger partial charge in [0.15, 0.2) is 12.4 Å². The molecule has 0 aliphatic heterocycles. The summed E-state index contributed by atoms with van der Waals surface area (Å²) in [5.74, 6) is -0.742. The number of Topliss-reactive ketones (excluding diaryl/α,β-unsaturated/α-hetero) is 1. The maximum atomic E-state index is 12.4. The summed E-state index contributed by atoms with van der Waals surface area (Å²) >= 11 is 0. The highest BCUT2D eigenvalue weighted by molar-refractivity contribution is 6.01. The van der Waals surface area contributed by atoms with Crippen LogP contribution in [0.1, 0.15) is 56.4 Å². The molecule has 1 amide bonds. The van der Waals surface area contributed by atoms with Crippen LogP contribution in [0.25, 0.3) is 0 Å². The number of carbonyl (C=O) groups excluding carboxylic acids is 3. The number of ketones is 1. The first-order valence-corrected chi connectivity index (χ1v) is 9.13. The highest BCUT2D eigenvalue weighted by Gasteiger charge is 2.23. The fourth-order valence-electron chi connectivity index (χ4n) is 3.31. The summed E-state index contributed by atoms with van der Waals surface area (Å²) in [7, 11) is 0. The molecule has 0 bridgehead atoms. The van der Waals surface area contributed by atoms with Gasteiger partial charge in [0.25, 0.3) is 5.91 Å². The number of H-pyrrole nitrogens is 1. The number of rotatable bonds is 7. The summed E-state index contributed by atoms with van der Waals surface area (Å²) in [6.07, 6.45) is 1.53. The number of furan rings is 1. The fourth-order valence-corrected chi connectivity index (χ4v) is 3.31. The van der Waals surface area contributed by atoms with Crippen molar-refractivity contribution in [1.29, 1.82) is 0 Å². The van der Waals surface area contributed by atoms with Gasteiger partial charge in [-0.25, -0.2) is 4.79 Å². The van der Waals surface area contributed by atoms with E-state index in [1.165, 1.54) is 13.2 Å². The Morgan fingerprint density at radius 1 is 1.10 bits per heavy atom.